The van der Waals surface area contributed by atoms with Crippen molar-refractivity contribution in [2.45, 2.75) is 52.0 Å². The highest BCUT2D eigenvalue weighted by Crippen LogP contribution is 2.28. The van der Waals surface area contributed by atoms with Crippen LogP contribution in [0.15, 0.2) is 4.99 Å². The lowest BCUT2D eigenvalue weighted by molar-refractivity contribution is 0.157. The molecule has 2 fully saturated rings. The molecule has 1 heterocycles. The number of rotatable bonds is 6. The van der Waals surface area contributed by atoms with E-state index in [0.717, 1.165) is 31.5 Å². The number of hydrogen-bond acceptors (Lipinski definition) is 2. The second-order valence-corrected chi connectivity index (χ2v) is 5.82. The van der Waals surface area contributed by atoms with E-state index in [9.17, 15) is 0 Å². The average Bonchev–Trinajstić information content (AvgIpc) is 3.26. The van der Waals surface area contributed by atoms with Gasteiger partial charge in [-0.3, -0.25) is 9.89 Å². The molecule has 0 radical (unpaired) electrons. The van der Waals surface area contributed by atoms with Crippen LogP contribution in [0, 0.1) is 5.92 Å². The molecule has 0 aromatic heterocycles. The lowest BCUT2D eigenvalue weighted by Gasteiger charge is -2.35. The third-order valence-corrected chi connectivity index (χ3v) is 4.21. The van der Waals surface area contributed by atoms with E-state index in [2.05, 4.69) is 34.4 Å². The number of likely N-dealkylation sites (tertiary alicyclic amines) is 1. The second-order valence-electron chi connectivity index (χ2n) is 5.82. The summed E-state index contributed by atoms with van der Waals surface area (Å²) in [5.41, 5.74) is 0. The quantitative estimate of drug-likeness (QED) is 0.569. The molecule has 0 aromatic carbocycles. The molecular weight excluding hydrogens is 236 g/mol. The molecule has 1 unspecified atom stereocenters. The molecule has 0 aromatic rings. The second kappa shape index (κ2) is 7.73. The summed E-state index contributed by atoms with van der Waals surface area (Å²) < 4.78 is 0. The van der Waals surface area contributed by atoms with E-state index < -0.39 is 0 Å². The highest BCUT2D eigenvalue weighted by atomic mass is 15.2. The number of likely N-dealkylation sites (N-methyl/N-ethyl adjacent to an activating group) is 1. The summed E-state index contributed by atoms with van der Waals surface area (Å²) in [6.45, 7) is 9.80. The Morgan fingerprint density at radius 3 is 2.68 bits per heavy atom. The molecular formula is C15H30N4. The summed E-state index contributed by atoms with van der Waals surface area (Å²) in [5, 5.41) is 6.89. The molecule has 2 rings (SSSR count). The minimum atomic E-state index is 0.684. The molecule has 1 saturated heterocycles. The first-order valence-electron chi connectivity index (χ1n) is 8.09. The summed E-state index contributed by atoms with van der Waals surface area (Å²) >= 11 is 0. The van der Waals surface area contributed by atoms with E-state index in [4.69, 9.17) is 0 Å². The van der Waals surface area contributed by atoms with Crippen molar-refractivity contribution in [2.75, 3.05) is 32.7 Å². The van der Waals surface area contributed by atoms with Crippen LogP contribution in [0.2, 0.25) is 0 Å². The molecule has 1 atom stereocenters. The van der Waals surface area contributed by atoms with Gasteiger partial charge in [-0.1, -0.05) is 13.3 Å². The predicted molar refractivity (Wildman–Crippen MR) is 81.6 cm³/mol. The topological polar surface area (TPSA) is 39.7 Å². The van der Waals surface area contributed by atoms with Gasteiger partial charge in [0.25, 0.3) is 0 Å². The van der Waals surface area contributed by atoms with Gasteiger partial charge in [-0.05, 0) is 51.6 Å². The summed E-state index contributed by atoms with van der Waals surface area (Å²) in [7, 11) is 0. The summed E-state index contributed by atoms with van der Waals surface area (Å²) in [6, 6.07) is 0.684. The smallest absolute Gasteiger partial charge is 0.191 e. The molecule has 110 valence electrons. The van der Waals surface area contributed by atoms with Gasteiger partial charge in [0.1, 0.15) is 0 Å². The van der Waals surface area contributed by atoms with Gasteiger partial charge in [0.2, 0.25) is 0 Å². The maximum absolute atomic E-state index is 4.69. The number of nitrogens with one attached hydrogen (secondary N) is 2. The highest BCUT2D eigenvalue weighted by molar-refractivity contribution is 5.79. The van der Waals surface area contributed by atoms with Crippen molar-refractivity contribution >= 4 is 5.96 Å². The van der Waals surface area contributed by atoms with Crippen LogP contribution < -0.4 is 10.6 Å². The van der Waals surface area contributed by atoms with Crippen LogP contribution in [-0.4, -0.2) is 49.6 Å². The fourth-order valence-corrected chi connectivity index (χ4v) is 2.78. The molecule has 0 bridgehead atoms. The zero-order chi connectivity index (χ0) is 13.5. The predicted octanol–water partition coefficient (Wildman–Crippen LogP) is 1.83. The molecule has 2 aliphatic rings. The fourth-order valence-electron chi connectivity index (χ4n) is 2.78. The Labute approximate surface area is 118 Å². The maximum atomic E-state index is 4.69. The maximum Gasteiger partial charge on any atom is 0.191 e. The highest BCUT2D eigenvalue weighted by Gasteiger charge is 2.22. The van der Waals surface area contributed by atoms with Crippen molar-refractivity contribution in [3.05, 3.63) is 0 Å². The van der Waals surface area contributed by atoms with E-state index in [-0.39, 0.29) is 0 Å². The normalized spacial score (nSPS) is 25.4. The van der Waals surface area contributed by atoms with Crippen LogP contribution in [-0.2, 0) is 0 Å². The molecule has 0 spiro atoms. The van der Waals surface area contributed by atoms with E-state index in [0.29, 0.717) is 6.04 Å². The van der Waals surface area contributed by atoms with Crippen molar-refractivity contribution < 1.29 is 0 Å². The Morgan fingerprint density at radius 1 is 1.16 bits per heavy atom. The Morgan fingerprint density at radius 2 is 2.00 bits per heavy atom. The van der Waals surface area contributed by atoms with Crippen LogP contribution in [0.3, 0.4) is 0 Å². The van der Waals surface area contributed by atoms with Crippen LogP contribution in [0.1, 0.15) is 46.0 Å². The zero-order valence-electron chi connectivity index (χ0n) is 12.6. The minimum Gasteiger partial charge on any atom is -0.357 e. The molecule has 1 saturated carbocycles. The first kappa shape index (κ1) is 14.6. The van der Waals surface area contributed by atoms with Gasteiger partial charge in [-0.2, -0.15) is 0 Å². The van der Waals surface area contributed by atoms with Gasteiger partial charge in [0.15, 0.2) is 5.96 Å². The van der Waals surface area contributed by atoms with E-state index in [1.54, 1.807) is 0 Å². The number of guanidine groups is 1. The van der Waals surface area contributed by atoms with Crippen molar-refractivity contribution in [1.29, 1.82) is 0 Å². The van der Waals surface area contributed by atoms with Crippen molar-refractivity contribution in [3.8, 4) is 0 Å². The summed E-state index contributed by atoms with van der Waals surface area (Å²) in [6.07, 6.45) is 6.80. The van der Waals surface area contributed by atoms with Gasteiger partial charge in [0, 0.05) is 25.7 Å². The SMILES string of the molecule is CCNC(=NCC1CC1)NCC1CCCCN1CC. The lowest BCUT2D eigenvalue weighted by Crippen LogP contribution is -2.49. The molecule has 4 heteroatoms. The van der Waals surface area contributed by atoms with E-state index in [1.807, 2.05) is 0 Å². The molecule has 19 heavy (non-hydrogen) atoms. The largest absolute Gasteiger partial charge is 0.357 e. The van der Waals surface area contributed by atoms with E-state index in [1.165, 1.54) is 45.2 Å². The molecule has 1 aliphatic heterocycles. The van der Waals surface area contributed by atoms with E-state index >= 15 is 0 Å². The standard InChI is InChI=1S/C15H30N4/c1-3-16-15(17-11-13-8-9-13)18-12-14-7-5-6-10-19(14)4-2/h13-14H,3-12H2,1-2H3,(H2,16,17,18). The van der Waals surface area contributed by atoms with Gasteiger partial charge in [-0.25, -0.2) is 0 Å². The summed E-state index contributed by atoms with van der Waals surface area (Å²) in [5.74, 6) is 1.87. The first-order chi connectivity index (χ1) is 9.33. The minimum absolute atomic E-state index is 0.684. The Kier molecular flexibility index (Phi) is 5.95. The summed E-state index contributed by atoms with van der Waals surface area (Å²) in [4.78, 5) is 7.28. The third kappa shape index (κ3) is 5.01. The van der Waals surface area contributed by atoms with Crippen molar-refractivity contribution in [2.24, 2.45) is 10.9 Å². The average molecular weight is 266 g/mol. The fraction of sp³-hybridized carbons (Fsp3) is 0.933. The zero-order valence-corrected chi connectivity index (χ0v) is 12.6. The number of piperidine rings is 1. The van der Waals surface area contributed by atoms with Gasteiger partial charge >= 0.3 is 0 Å². The Bertz CT molecular complexity index is 286. The van der Waals surface area contributed by atoms with Crippen LogP contribution in [0.4, 0.5) is 0 Å². The van der Waals surface area contributed by atoms with Gasteiger partial charge in [0.05, 0.1) is 0 Å². The van der Waals surface area contributed by atoms with Crippen LogP contribution >= 0.6 is 0 Å². The van der Waals surface area contributed by atoms with Gasteiger partial charge < -0.3 is 10.6 Å². The monoisotopic (exact) mass is 266 g/mol. The molecule has 4 nitrogen and oxygen atoms in total. The molecule has 0 amide bonds. The van der Waals surface area contributed by atoms with Crippen molar-refractivity contribution in [1.82, 2.24) is 15.5 Å². The third-order valence-electron chi connectivity index (χ3n) is 4.21. The number of aliphatic imine (C=N–C) groups is 1. The Balaban J connectivity index is 1.77. The van der Waals surface area contributed by atoms with Crippen LogP contribution in [0.5, 0.6) is 0 Å². The number of hydrogen-bond donors (Lipinski definition) is 2. The molecule has 1 aliphatic carbocycles. The molecule has 2 N–H and O–H groups in total. The number of nitrogens with zero attached hydrogens (tertiary/aromatic N) is 2. The Hall–Kier alpha value is -0.770. The van der Waals surface area contributed by atoms with Crippen LogP contribution in [0.25, 0.3) is 0 Å². The lowest BCUT2D eigenvalue weighted by atomic mass is 10.0. The van der Waals surface area contributed by atoms with Gasteiger partial charge in [-0.15, -0.1) is 0 Å². The first-order valence-corrected chi connectivity index (χ1v) is 8.09. The van der Waals surface area contributed by atoms with Crippen molar-refractivity contribution in [3.63, 3.8) is 0 Å².